The van der Waals surface area contributed by atoms with Gasteiger partial charge in [-0.3, -0.25) is 9.89 Å². The molecule has 4 rings (SSSR count). The second-order valence-corrected chi connectivity index (χ2v) is 6.97. The zero-order valence-corrected chi connectivity index (χ0v) is 16.4. The molecule has 1 aliphatic heterocycles. The number of anilines is 3. The van der Waals surface area contributed by atoms with Gasteiger partial charge in [0.1, 0.15) is 0 Å². The van der Waals surface area contributed by atoms with Crippen LogP contribution in [0.15, 0.2) is 30.3 Å². The van der Waals surface area contributed by atoms with E-state index in [0.29, 0.717) is 41.7 Å². The Morgan fingerprint density at radius 2 is 2.10 bits per heavy atom. The van der Waals surface area contributed by atoms with E-state index < -0.39 is 0 Å². The Balaban J connectivity index is 1.66. The van der Waals surface area contributed by atoms with E-state index in [2.05, 4.69) is 35.8 Å². The van der Waals surface area contributed by atoms with Crippen molar-refractivity contribution in [3.63, 3.8) is 0 Å². The lowest BCUT2D eigenvalue weighted by molar-refractivity contribution is -0.120. The first-order valence-corrected chi connectivity index (χ1v) is 9.43. The van der Waals surface area contributed by atoms with Crippen LogP contribution in [0.25, 0.3) is 12.2 Å². The Kier molecular flexibility index (Phi) is 5.39. The zero-order valence-electron chi connectivity index (χ0n) is 15.7. The summed E-state index contributed by atoms with van der Waals surface area (Å²) < 4.78 is 0. The molecule has 0 saturated carbocycles. The fourth-order valence-corrected chi connectivity index (χ4v) is 3.04. The van der Waals surface area contributed by atoms with Gasteiger partial charge < -0.3 is 15.5 Å². The second-order valence-electron chi connectivity index (χ2n) is 6.54. The molecule has 29 heavy (non-hydrogen) atoms. The number of nitrogens with zero attached hydrogens (tertiary/aromatic N) is 5. The number of H-pyrrole nitrogens is 1. The third-order valence-electron chi connectivity index (χ3n) is 4.18. The molecule has 148 valence electrons. The van der Waals surface area contributed by atoms with Gasteiger partial charge in [0.05, 0.1) is 6.54 Å². The van der Waals surface area contributed by atoms with Gasteiger partial charge in [0.25, 0.3) is 0 Å². The number of carbonyl (C=O) groups excluding carboxylic acids is 1. The molecular weight excluding hydrogens is 392 g/mol. The number of piperazine rings is 1. The summed E-state index contributed by atoms with van der Waals surface area (Å²) in [6.45, 7) is 3.26. The lowest BCUT2D eigenvalue weighted by atomic mass is 10.2. The maximum absolute atomic E-state index is 11.8. The minimum Gasteiger partial charge on any atom is -0.353 e. The summed E-state index contributed by atoms with van der Waals surface area (Å²) >= 11 is 6.04. The van der Waals surface area contributed by atoms with E-state index in [-0.39, 0.29) is 12.5 Å². The predicted molar refractivity (Wildman–Crippen MR) is 112 cm³/mol. The first-order valence-electron chi connectivity index (χ1n) is 9.05. The number of hydrogen-bond acceptors (Lipinski definition) is 7. The molecule has 1 fully saturated rings. The molecule has 0 aliphatic carbocycles. The van der Waals surface area contributed by atoms with Crippen LogP contribution in [0.1, 0.15) is 17.1 Å². The Morgan fingerprint density at radius 1 is 1.21 bits per heavy atom. The minimum absolute atomic E-state index is 0.0647. The summed E-state index contributed by atoms with van der Waals surface area (Å²) in [7, 11) is 0. The number of halogens is 1. The molecule has 1 aliphatic rings. The molecular formula is C19H19ClN8O. The number of carbonyl (C=O) groups is 1. The van der Waals surface area contributed by atoms with Gasteiger partial charge in [0, 0.05) is 29.9 Å². The van der Waals surface area contributed by atoms with E-state index in [4.69, 9.17) is 11.6 Å². The van der Waals surface area contributed by atoms with E-state index in [1.165, 1.54) is 0 Å². The van der Waals surface area contributed by atoms with Crippen LogP contribution < -0.4 is 15.5 Å². The van der Waals surface area contributed by atoms with Crippen LogP contribution in [0.3, 0.4) is 0 Å². The quantitative estimate of drug-likeness (QED) is 0.592. The van der Waals surface area contributed by atoms with Crippen LogP contribution >= 0.6 is 11.6 Å². The summed E-state index contributed by atoms with van der Waals surface area (Å²) in [6.07, 6.45) is 3.65. The molecule has 3 heterocycles. The highest BCUT2D eigenvalue weighted by Crippen LogP contribution is 2.18. The number of hydrogen-bond donors (Lipinski definition) is 3. The molecule has 10 heteroatoms. The molecule has 0 spiro atoms. The molecule has 0 radical (unpaired) electrons. The van der Waals surface area contributed by atoms with E-state index in [1.54, 1.807) is 6.08 Å². The highest BCUT2D eigenvalue weighted by atomic mass is 35.5. The smallest absolute Gasteiger partial charge is 0.239 e. The number of benzene rings is 1. The normalized spacial score (nSPS) is 14.3. The standard InChI is InChI=1S/C19H19ClN8O/c1-12-9-16(27-26-12)23-18-22-15(6-5-13-3-2-4-14(20)10-13)24-19(25-18)28-8-7-21-17(29)11-28/h2-6,9-10H,7-8,11H2,1H3,(H,21,29)(H2,22,23,24,25,26,27)/b6-5+. The van der Waals surface area contributed by atoms with Crippen molar-refractivity contribution in [3.05, 3.63) is 52.4 Å². The van der Waals surface area contributed by atoms with E-state index >= 15 is 0 Å². The molecule has 1 saturated heterocycles. The highest BCUT2D eigenvalue weighted by Gasteiger charge is 2.20. The molecule has 2 aromatic heterocycles. The van der Waals surface area contributed by atoms with Crippen LogP contribution in [0.5, 0.6) is 0 Å². The van der Waals surface area contributed by atoms with Gasteiger partial charge in [-0.15, -0.1) is 0 Å². The van der Waals surface area contributed by atoms with Crippen molar-refractivity contribution in [2.45, 2.75) is 6.92 Å². The topological polar surface area (TPSA) is 112 Å². The molecule has 1 aromatic carbocycles. The minimum atomic E-state index is -0.0647. The molecule has 0 atom stereocenters. The van der Waals surface area contributed by atoms with Crippen molar-refractivity contribution in [2.24, 2.45) is 0 Å². The molecule has 3 aromatic rings. The van der Waals surface area contributed by atoms with Crippen molar-refractivity contribution >= 4 is 47.4 Å². The average molecular weight is 411 g/mol. The summed E-state index contributed by atoms with van der Waals surface area (Å²) in [5, 5.41) is 13.5. The fraction of sp³-hybridized carbons (Fsp3) is 0.211. The van der Waals surface area contributed by atoms with Crippen molar-refractivity contribution in [1.29, 1.82) is 0 Å². The molecule has 9 nitrogen and oxygen atoms in total. The van der Waals surface area contributed by atoms with E-state index in [0.717, 1.165) is 11.3 Å². The van der Waals surface area contributed by atoms with Crippen molar-refractivity contribution < 1.29 is 4.79 Å². The number of aromatic amines is 1. The average Bonchev–Trinajstić information content (AvgIpc) is 3.11. The highest BCUT2D eigenvalue weighted by molar-refractivity contribution is 6.30. The molecule has 3 N–H and O–H groups in total. The van der Waals surface area contributed by atoms with Crippen LogP contribution in [-0.2, 0) is 4.79 Å². The SMILES string of the molecule is Cc1cc(Nc2nc(/C=C/c3cccc(Cl)c3)nc(N3CCNC(=O)C3)n2)n[nH]1. The summed E-state index contributed by atoms with van der Waals surface area (Å²) in [5.74, 6) is 1.76. The Hall–Kier alpha value is -3.46. The third kappa shape index (κ3) is 4.88. The number of aromatic nitrogens is 5. The Labute approximate surface area is 172 Å². The molecule has 0 unspecified atom stereocenters. The zero-order chi connectivity index (χ0) is 20.2. The van der Waals surface area contributed by atoms with Crippen molar-refractivity contribution in [1.82, 2.24) is 30.5 Å². The largest absolute Gasteiger partial charge is 0.353 e. The Bertz CT molecular complexity index is 1060. The van der Waals surface area contributed by atoms with Gasteiger partial charge in [-0.25, -0.2) is 0 Å². The number of amides is 1. The number of nitrogens with one attached hydrogen (secondary N) is 3. The molecule has 1 amide bonds. The van der Waals surface area contributed by atoms with Gasteiger partial charge in [0.15, 0.2) is 11.6 Å². The number of rotatable bonds is 5. The van der Waals surface area contributed by atoms with Crippen LogP contribution in [0, 0.1) is 6.92 Å². The third-order valence-corrected chi connectivity index (χ3v) is 4.42. The van der Waals surface area contributed by atoms with Crippen molar-refractivity contribution in [3.8, 4) is 0 Å². The monoisotopic (exact) mass is 410 g/mol. The van der Waals surface area contributed by atoms with E-state index in [9.17, 15) is 4.79 Å². The van der Waals surface area contributed by atoms with Crippen LogP contribution in [0.2, 0.25) is 5.02 Å². The first kappa shape index (κ1) is 18.9. The predicted octanol–water partition coefficient (Wildman–Crippen LogP) is 2.41. The van der Waals surface area contributed by atoms with E-state index in [1.807, 2.05) is 48.2 Å². The second kappa shape index (κ2) is 8.27. The van der Waals surface area contributed by atoms with Gasteiger partial charge in [-0.05, 0) is 30.7 Å². The first-order chi connectivity index (χ1) is 14.0. The molecule has 0 bridgehead atoms. The summed E-state index contributed by atoms with van der Waals surface area (Å²) in [5.41, 5.74) is 1.84. The summed E-state index contributed by atoms with van der Waals surface area (Å²) in [4.78, 5) is 27.0. The van der Waals surface area contributed by atoms with Gasteiger partial charge in [0.2, 0.25) is 17.8 Å². The van der Waals surface area contributed by atoms with Gasteiger partial charge >= 0.3 is 0 Å². The van der Waals surface area contributed by atoms with Gasteiger partial charge in [-0.1, -0.05) is 29.8 Å². The van der Waals surface area contributed by atoms with Gasteiger partial charge in [-0.2, -0.15) is 20.1 Å². The summed E-state index contributed by atoms with van der Waals surface area (Å²) in [6, 6.07) is 9.32. The maximum atomic E-state index is 11.8. The Morgan fingerprint density at radius 3 is 2.86 bits per heavy atom. The lowest BCUT2D eigenvalue weighted by Gasteiger charge is -2.26. The van der Waals surface area contributed by atoms with Crippen LogP contribution in [0.4, 0.5) is 17.7 Å². The lowest BCUT2D eigenvalue weighted by Crippen LogP contribution is -2.48. The van der Waals surface area contributed by atoms with Crippen molar-refractivity contribution in [2.75, 3.05) is 29.9 Å². The fourth-order valence-electron chi connectivity index (χ4n) is 2.84. The number of aryl methyl sites for hydroxylation is 1. The van der Waals surface area contributed by atoms with Crippen LogP contribution in [-0.4, -0.2) is 50.7 Å². The maximum Gasteiger partial charge on any atom is 0.239 e.